The van der Waals surface area contributed by atoms with Crippen LogP contribution in [0.15, 0.2) is 35.7 Å². The van der Waals surface area contributed by atoms with E-state index >= 15 is 0 Å². The number of fused-ring (bicyclic) bond motifs is 1. The largest absolute Gasteiger partial charge is 0.312 e. The number of nitrogens with one attached hydrogen (secondary N) is 1. The van der Waals surface area contributed by atoms with Gasteiger partial charge in [0.1, 0.15) is 5.69 Å². The molecule has 0 radical (unpaired) electrons. The number of aromatic nitrogens is 2. The van der Waals surface area contributed by atoms with Gasteiger partial charge >= 0.3 is 0 Å². The molecule has 0 atom stereocenters. The lowest BCUT2D eigenvalue weighted by Gasteiger charge is -2.15. The second-order valence-corrected chi connectivity index (χ2v) is 7.04. The first-order valence-electron chi connectivity index (χ1n) is 7.04. The summed E-state index contributed by atoms with van der Waals surface area (Å²) in [6, 6.07) is 9.71. The lowest BCUT2D eigenvalue weighted by atomic mass is 10.1. The minimum atomic E-state index is 0.623. The van der Waals surface area contributed by atoms with Gasteiger partial charge in [0.2, 0.25) is 0 Å². The monoisotopic (exact) mass is 349 g/mol. The fourth-order valence-electron chi connectivity index (χ4n) is 2.83. The highest BCUT2D eigenvalue weighted by Crippen LogP contribution is 2.33. The van der Waals surface area contributed by atoms with Crippen LogP contribution in [0.1, 0.15) is 11.3 Å². The molecule has 6 heteroatoms. The van der Waals surface area contributed by atoms with Gasteiger partial charge in [0.25, 0.3) is 0 Å². The van der Waals surface area contributed by atoms with Crippen LogP contribution in [0.3, 0.4) is 0 Å². The molecule has 0 amide bonds. The molecule has 1 aliphatic heterocycles. The average molecular weight is 350 g/mol. The average Bonchev–Trinajstić information content (AvgIpc) is 3.13. The molecular formula is C16H13Cl2N3S. The van der Waals surface area contributed by atoms with E-state index in [1.165, 1.54) is 16.1 Å². The Kier molecular flexibility index (Phi) is 3.70. The van der Waals surface area contributed by atoms with Gasteiger partial charge < -0.3 is 5.32 Å². The van der Waals surface area contributed by atoms with Crippen molar-refractivity contribution in [2.24, 2.45) is 0 Å². The highest BCUT2D eigenvalue weighted by atomic mass is 35.5. The van der Waals surface area contributed by atoms with Crippen molar-refractivity contribution in [3.05, 3.63) is 57.0 Å². The summed E-state index contributed by atoms with van der Waals surface area (Å²) >= 11 is 14.0. The number of hydrogen-bond acceptors (Lipinski definition) is 3. The first-order valence-corrected chi connectivity index (χ1v) is 8.68. The lowest BCUT2D eigenvalue weighted by molar-refractivity contribution is 0.623. The molecule has 0 unspecified atom stereocenters. The Labute approximate surface area is 142 Å². The van der Waals surface area contributed by atoms with Crippen molar-refractivity contribution >= 4 is 34.5 Å². The SMILES string of the molecule is Clc1cc(Cl)cc(-n2nc(-c3cccs3)c3c2CCNC3)c1. The third-order valence-electron chi connectivity index (χ3n) is 3.78. The van der Waals surface area contributed by atoms with Crippen molar-refractivity contribution in [3.8, 4) is 16.3 Å². The van der Waals surface area contributed by atoms with Gasteiger partial charge in [-0.3, -0.25) is 0 Å². The summed E-state index contributed by atoms with van der Waals surface area (Å²) in [5.41, 5.74) is 4.47. The fraction of sp³-hybridized carbons (Fsp3) is 0.188. The molecule has 1 aliphatic rings. The van der Waals surface area contributed by atoms with Crippen LogP contribution >= 0.6 is 34.5 Å². The molecule has 3 aromatic rings. The second kappa shape index (κ2) is 5.70. The summed E-state index contributed by atoms with van der Waals surface area (Å²) in [6.45, 7) is 1.80. The molecule has 3 nitrogen and oxygen atoms in total. The van der Waals surface area contributed by atoms with Gasteiger partial charge in [0.15, 0.2) is 0 Å². The van der Waals surface area contributed by atoms with E-state index in [4.69, 9.17) is 28.3 Å². The zero-order valence-electron chi connectivity index (χ0n) is 11.6. The summed E-state index contributed by atoms with van der Waals surface area (Å²) in [7, 11) is 0. The number of thiophene rings is 1. The standard InChI is InChI=1S/C16H13Cl2N3S/c17-10-6-11(18)8-12(7-10)21-14-3-4-19-9-13(14)16(20-21)15-2-1-5-22-15/h1-2,5-8,19H,3-4,9H2. The summed E-state index contributed by atoms with van der Waals surface area (Å²) < 4.78 is 1.99. The quantitative estimate of drug-likeness (QED) is 0.735. The maximum atomic E-state index is 6.15. The number of benzene rings is 1. The van der Waals surface area contributed by atoms with E-state index in [1.54, 1.807) is 17.4 Å². The lowest BCUT2D eigenvalue weighted by Crippen LogP contribution is -2.24. The molecule has 22 heavy (non-hydrogen) atoms. The summed E-state index contributed by atoms with van der Waals surface area (Å²) in [5, 5.41) is 11.6. The Morgan fingerprint density at radius 3 is 2.73 bits per heavy atom. The van der Waals surface area contributed by atoms with E-state index in [9.17, 15) is 0 Å². The predicted octanol–water partition coefficient (Wildman–Crippen LogP) is 4.55. The van der Waals surface area contributed by atoms with Crippen molar-refractivity contribution < 1.29 is 0 Å². The van der Waals surface area contributed by atoms with E-state index in [2.05, 4.69) is 22.8 Å². The Morgan fingerprint density at radius 1 is 1.18 bits per heavy atom. The maximum absolute atomic E-state index is 6.15. The van der Waals surface area contributed by atoms with Crippen molar-refractivity contribution in [1.29, 1.82) is 0 Å². The second-order valence-electron chi connectivity index (χ2n) is 5.22. The topological polar surface area (TPSA) is 29.9 Å². The van der Waals surface area contributed by atoms with Crippen LogP contribution in [-0.4, -0.2) is 16.3 Å². The Hall–Kier alpha value is -1.33. The summed E-state index contributed by atoms with van der Waals surface area (Å²) in [5.74, 6) is 0. The Morgan fingerprint density at radius 2 is 2.00 bits per heavy atom. The molecule has 112 valence electrons. The third-order valence-corrected chi connectivity index (χ3v) is 5.09. The van der Waals surface area contributed by atoms with Gasteiger partial charge in [-0.2, -0.15) is 5.10 Å². The minimum absolute atomic E-state index is 0.623. The zero-order valence-corrected chi connectivity index (χ0v) is 14.0. The molecule has 0 saturated heterocycles. The zero-order chi connectivity index (χ0) is 15.1. The van der Waals surface area contributed by atoms with E-state index in [1.807, 2.05) is 16.8 Å². The molecule has 4 rings (SSSR count). The Bertz CT molecular complexity index is 804. The van der Waals surface area contributed by atoms with Crippen molar-refractivity contribution in [2.45, 2.75) is 13.0 Å². The number of hydrogen-bond donors (Lipinski definition) is 1. The molecule has 2 aromatic heterocycles. The number of rotatable bonds is 2. The van der Waals surface area contributed by atoms with Crippen LogP contribution in [0, 0.1) is 0 Å². The van der Waals surface area contributed by atoms with E-state index < -0.39 is 0 Å². The molecular weight excluding hydrogens is 337 g/mol. The van der Waals surface area contributed by atoms with E-state index in [0.717, 1.165) is 30.9 Å². The maximum Gasteiger partial charge on any atom is 0.107 e. The van der Waals surface area contributed by atoms with Crippen LogP contribution in [0.2, 0.25) is 10.0 Å². The van der Waals surface area contributed by atoms with Gasteiger partial charge in [0.05, 0.1) is 16.3 Å². The van der Waals surface area contributed by atoms with Crippen molar-refractivity contribution in [1.82, 2.24) is 15.1 Å². The van der Waals surface area contributed by atoms with Crippen molar-refractivity contribution in [3.63, 3.8) is 0 Å². The molecule has 0 bridgehead atoms. The summed E-state index contributed by atoms with van der Waals surface area (Å²) in [6.07, 6.45) is 0.942. The summed E-state index contributed by atoms with van der Waals surface area (Å²) in [4.78, 5) is 1.19. The van der Waals surface area contributed by atoms with Gasteiger partial charge in [-0.15, -0.1) is 11.3 Å². The van der Waals surface area contributed by atoms with Gasteiger partial charge in [-0.05, 0) is 29.6 Å². The highest BCUT2D eigenvalue weighted by molar-refractivity contribution is 7.13. The van der Waals surface area contributed by atoms with Gasteiger partial charge in [0, 0.05) is 35.1 Å². The van der Waals surface area contributed by atoms with Crippen LogP contribution in [-0.2, 0) is 13.0 Å². The molecule has 1 aromatic carbocycles. The Balaban J connectivity index is 1.93. The first kappa shape index (κ1) is 14.3. The molecule has 0 fully saturated rings. The third kappa shape index (κ3) is 2.46. The smallest absolute Gasteiger partial charge is 0.107 e. The van der Waals surface area contributed by atoms with Crippen LogP contribution in [0.4, 0.5) is 0 Å². The molecule has 1 N–H and O–H groups in total. The normalized spacial score (nSPS) is 14.1. The highest BCUT2D eigenvalue weighted by Gasteiger charge is 2.23. The van der Waals surface area contributed by atoms with E-state index in [0.29, 0.717) is 10.0 Å². The number of nitrogens with zero attached hydrogens (tertiary/aromatic N) is 2. The first-order chi connectivity index (χ1) is 10.7. The van der Waals surface area contributed by atoms with Crippen LogP contribution in [0.25, 0.3) is 16.3 Å². The predicted molar refractivity (Wildman–Crippen MR) is 92.3 cm³/mol. The van der Waals surface area contributed by atoms with E-state index in [-0.39, 0.29) is 0 Å². The van der Waals surface area contributed by atoms with Gasteiger partial charge in [-0.1, -0.05) is 29.3 Å². The van der Waals surface area contributed by atoms with Crippen LogP contribution in [0.5, 0.6) is 0 Å². The molecule has 3 heterocycles. The van der Waals surface area contributed by atoms with Crippen molar-refractivity contribution in [2.75, 3.05) is 6.54 Å². The molecule has 0 saturated carbocycles. The fourth-order valence-corrected chi connectivity index (χ4v) is 4.09. The van der Waals surface area contributed by atoms with Crippen LogP contribution < -0.4 is 5.32 Å². The van der Waals surface area contributed by atoms with Gasteiger partial charge in [-0.25, -0.2) is 4.68 Å². The number of halogens is 2. The minimum Gasteiger partial charge on any atom is -0.312 e. The molecule has 0 spiro atoms. The molecule has 0 aliphatic carbocycles.